The van der Waals surface area contributed by atoms with Gasteiger partial charge in [0.1, 0.15) is 4.90 Å². The van der Waals surface area contributed by atoms with Crippen LogP contribution in [0.15, 0.2) is 102 Å². The molecule has 0 spiro atoms. The first-order valence-electron chi connectivity index (χ1n) is 9.87. The normalized spacial score (nSPS) is 11.7. The second-order valence-electron chi connectivity index (χ2n) is 6.92. The fourth-order valence-corrected chi connectivity index (χ4v) is 5.33. The first kappa shape index (κ1) is 21.2. The lowest BCUT2D eigenvalue weighted by Crippen LogP contribution is -2.15. The van der Waals surface area contributed by atoms with Gasteiger partial charge in [0.25, 0.3) is 10.0 Å². The van der Waals surface area contributed by atoms with Crippen molar-refractivity contribution in [3.05, 3.63) is 108 Å². The molecule has 0 amide bonds. The average Bonchev–Trinajstić information content (AvgIpc) is 2.80. The van der Waals surface area contributed by atoms with Gasteiger partial charge in [-0.05, 0) is 29.3 Å². The van der Waals surface area contributed by atoms with E-state index in [1.165, 1.54) is 5.56 Å². The number of nitrogens with zero attached hydrogens (tertiary/aromatic N) is 1. The lowest BCUT2D eigenvalue weighted by Gasteiger charge is -2.13. The van der Waals surface area contributed by atoms with E-state index in [1.807, 2.05) is 48.5 Å². The van der Waals surface area contributed by atoms with E-state index in [0.29, 0.717) is 17.0 Å². The number of benzene rings is 3. The summed E-state index contributed by atoms with van der Waals surface area (Å²) in [6.07, 6.45) is 5.82. The number of hydrogen-bond acceptors (Lipinski definition) is 4. The van der Waals surface area contributed by atoms with Crippen LogP contribution in [0.5, 0.6) is 0 Å². The predicted octanol–water partition coefficient (Wildman–Crippen LogP) is 5.98. The topological polar surface area (TPSA) is 59.1 Å². The van der Waals surface area contributed by atoms with E-state index in [2.05, 4.69) is 34.0 Å². The fourth-order valence-electron chi connectivity index (χ4n) is 3.22. The Hall–Kier alpha value is -3.09. The van der Waals surface area contributed by atoms with E-state index in [0.717, 1.165) is 16.7 Å². The monoisotopic (exact) mass is 446 g/mol. The molecule has 0 aliphatic heterocycles. The van der Waals surface area contributed by atoms with Crippen molar-refractivity contribution < 1.29 is 8.42 Å². The molecule has 0 aliphatic carbocycles. The summed E-state index contributed by atoms with van der Waals surface area (Å²) in [6.45, 7) is 0. The number of rotatable bonds is 8. The van der Waals surface area contributed by atoms with Crippen LogP contribution >= 0.6 is 11.8 Å². The molecule has 6 heteroatoms. The number of para-hydroxylation sites is 2. The molecule has 1 heterocycles. The highest BCUT2D eigenvalue weighted by atomic mass is 32.2. The zero-order chi connectivity index (χ0) is 21.5. The Kier molecular flexibility index (Phi) is 6.70. The van der Waals surface area contributed by atoms with Gasteiger partial charge in [-0.1, -0.05) is 78.9 Å². The molecule has 156 valence electrons. The molecule has 0 saturated heterocycles. The van der Waals surface area contributed by atoms with Gasteiger partial charge < -0.3 is 0 Å². The van der Waals surface area contributed by atoms with Crippen LogP contribution in [0.2, 0.25) is 0 Å². The molecule has 0 atom stereocenters. The Morgan fingerprint density at radius 2 is 1.65 bits per heavy atom. The molecule has 0 fully saturated rings. The van der Waals surface area contributed by atoms with Gasteiger partial charge in [-0.25, -0.2) is 8.42 Å². The summed E-state index contributed by atoms with van der Waals surface area (Å²) in [7, 11) is -3.77. The molecular formula is C25H22N2O2S2. The molecule has 0 saturated carbocycles. The minimum atomic E-state index is -3.77. The van der Waals surface area contributed by atoms with Crippen LogP contribution < -0.4 is 4.72 Å². The first-order chi connectivity index (χ1) is 15.1. The molecule has 4 nitrogen and oxygen atoms in total. The Balaban J connectivity index is 1.47. The molecule has 0 aliphatic rings. The summed E-state index contributed by atoms with van der Waals surface area (Å²) in [5.41, 5.74) is 3.17. The number of anilines is 1. The summed E-state index contributed by atoms with van der Waals surface area (Å²) in [6, 6.07) is 26.5. The van der Waals surface area contributed by atoms with Crippen LogP contribution in [-0.2, 0) is 15.8 Å². The summed E-state index contributed by atoms with van der Waals surface area (Å²) in [4.78, 5) is 4.46. The maximum atomic E-state index is 13.1. The Morgan fingerprint density at radius 1 is 0.871 bits per heavy atom. The predicted molar refractivity (Wildman–Crippen MR) is 131 cm³/mol. The number of hydrogen-bond donors (Lipinski definition) is 1. The zero-order valence-corrected chi connectivity index (χ0v) is 18.4. The summed E-state index contributed by atoms with van der Waals surface area (Å²) >= 11 is 1.73. The van der Waals surface area contributed by atoms with Gasteiger partial charge >= 0.3 is 0 Å². The zero-order valence-electron chi connectivity index (χ0n) is 16.8. The van der Waals surface area contributed by atoms with E-state index in [-0.39, 0.29) is 4.90 Å². The van der Waals surface area contributed by atoms with E-state index in [4.69, 9.17) is 0 Å². The molecule has 1 aromatic heterocycles. The number of thioether (sulfide) groups is 1. The van der Waals surface area contributed by atoms with E-state index < -0.39 is 10.0 Å². The quantitative estimate of drug-likeness (QED) is 0.338. The highest BCUT2D eigenvalue weighted by Gasteiger charge is 2.19. The number of sulfonamides is 1. The second kappa shape index (κ2) is 9.81. The number of nitrogens with one attached hydrogen (secondary N) is 1. The highest BCUT2D eigenvalue weighted by molar-refractivity contribution is 7.98. The van der Waals surface area contributed by atoms with Gasteiger partial charge in [-0.2, -0.15) is 11.8 Å². The molecule has 4 rings (SSSR count). The number of pyridine rings is 1. The van der Waals surface area contributed by atoms with Gasteiger partial charge in [0.05, 0.1) is 11.2 Å². The second-order valence-corrected chi connectivity index (χ2v) is 9.60. The van der Waals surface area contributed by atoms with Crippen molar-refractivity contribution in [1.29, 1.82) is 0 Å². The highest BCUT2D eigenvalue weighted by Crippen LogP contribution is 2.27. The third-order valence-electron chi connectivity index (χ3n) is 4.73. The van der Waals surface area contributed by atoms with Gasteiger partial charge in [0, 0.05) is 23.1 Å². The van der Waals surface area contributed by atoms with Crippen molar-refractivity contribution >= 4 is 44.5 Å². The van der Waals surface area contributed by atoms with Crippen molar-refractivity contribution in [3.63, 3.8) is 0 Å². The van der Waals surface area contributed by atoms with Crippen molar-refractivity contribution in [2.45, 2.75) is 10.6 Å². The molecule has 4 aromatic rings. The largest absolute Gasteiger partial charge is 0.279 e. The Bertz CT molecular complexity index is 1300. The minimum absolute atomic E-state index is 0.179. The number of fused-ring (bicyclic) bond motifs is 1. The molecule has 1 N–H and O–H groups in total. The van der Waals surface area contributed by atoms with Gasteiger partial charge in [0.2, 0.25) is 0 Å². The lowest BCUT2D eigenvalue weighted by atomic mass is 10.2. The first-order valence-corrected chi connectivity index (χ1v) is 12.5. The molecule has 0 unspecified atom stereocenters. The van der Waals surface area contributed by atoms with Crippen molar-refractivity contribution in [1.82, 2.24) is 4.98 Å². The van der Waals surface area contributed by atoms with Gasteiger partial charge in [-0.3, -0.25) is 9.71 Å². The van der Waals surface area contributed by atoms with Gasteiger partial charge in [-0.15, -0.1) is 0 Å². The summed E-state index contributed by atoms with van der Waals surface area (Å²) in [5, 5.41) is 0.791. The maximum absolute atomic E-state index is 13.1. The van der Waals surface area contributed by atoms with Crippen molar-refractivity contribution in [2.75, 3.05) is 10.5 Å². The summed E-state index contributed by atoms with van der Waals surface area (Å²) in [5.74, 6) is 1.54. The molecule has 31 heavy (non-hydrogen) atoms. The molecule has 3 aromatic carbocycles. The minimum Gasteiger partial charge on any atom is -0.279 e. The molecule has 0 bridgehead atoms. The maximum Gasteiger partial charge on any atom is 0.264 e. The van der Waals surface area contributed by atoms with Crippen LogP contribution in [0.3, 0.4) is 0 Å². The SMILES string of the molecule is O=S(=O)(Nc1ccccc1CSC/C=C/c1ccccc1)c1cccc2cccnc12. The fraction of sp³-hybridized carbons (Fsp3) is 0.0800. The van der Waals surface area contributed by atoms with E-state index in [1.54, 1.807) is 42.2 Å². The Morgan fingerprint density at radius 3 is 2.52 bits per heavy atom. The van der Waals surface area contributed by atoms with Crippen molar-refractivity contribution in [3.8, 4) is 0 Å². The molecular weight excluding hydrogens is 424 g/mol. The van der Waals surface area contributed by atoms with E-state index >= 15 is 0 Å². The van der Waals surface area contributed by atoms with Gasteiger partial charge in [0.15, 0.2) is 0 Å². The summed E-state index contributed by atoms with van der Waals surface area (Å²) < 4.78 is 29.0. The smallest absolute Gasteiger partial charge is 0.264 e. The van der Waals surface area contributed by atoms with E-state index in [9.17, 15) is 8.42 Å². The molecule has 0 radical (unpaired) electrons. The average molecular weight is 447 g/mol. The van der Waals surface area contributed by atoms with Crippen LogP contribution in [0.1, 0.15) is 11.1 Å². The van der Waals surface area contributed by atoms with Crippen molar-refractivity contribution in [2.24, 2.45) is 0 Å². The lowest BCUT2D eigenvalue weighted by molar-refractivity contribution is 0.602. The van der Waals surface area contributed by atoms with Crippen LogP contribution in [0.25, 0.3) is 17.0 Å². The third-order valence-corrected chi connectivity index (χ3v) is 7.07. The van der Waals surface area contributed by atoms with Crippen LogP contribution in [-0.4, -0.2) is 19.2 Å². The van der Waals surface area contributed by atoms with Crippen LogP contribution in [0.4, 0.5) is 5.69 Å². The number of aromatic nitrogens is 1. The standard InChI is InChI=1S/C25H22N2O2S2/c28-31(29,24-16-6-13-21-14-7-17-26-25(21)24)27-23-15-5-4-12-22(23)19-30-18-8-11-20-9-2-1-3-10-20/h1-17,27H,18-19H2/b11-8+. The third kappa shape index (κ3) is 5.34. The van der Waals surface area contributed by atoms with Crippen LogP contribution in [0, 0.1) is 0 Å². The Labute approximate surface area is 187 Å².